The van der Waals surface area contributed by atoms with Gasteiger partial charge < -0.3 is 15.5 Å². The molecule has 17 heavy (non-hydrogen) atoms. The molecule has 1 fully saturated rings. The fraction of sp³-hybridized carbons (Fsp3) is 0.818. The van der Waals surface area contributed by atoms with Crippen LogP contribution in [0.4, 0.5) is 0 Å². The van der Waals surface area contributed by atoms with Crippen LogP contribution in [0, 0.1) is 5.92 Å². The first kappa shape index (κ1) is 16.2. The lowest BCUT2D eigenvalue weighted by Gasteiger charge is -2.42. The lowest BCUT2D eigenvalue weighted by Crippen LogP contribution is -2.64. The van der Waals surface area contributed by atoms with Gasteiger partial charge in [-0.05, 0) is 20.9 Å². The number of rotatable bonds is 3. The maximum atomic E-state index is 12.2. The number of hydrogen-bond acceptors (Lipinski definition) is 3. The number of amides is 2. The van der Waals surface area contributed by atoms with E-state index in [1.807, 2.05) is 14.0 Å². The van der Waals surface area contributed by atoms with Gasteiger partial charge in [0, 0.05) is 25.6 Å². The summed E-state index contributed by atoms with van der Waals surface area (Å²) in [5, 5.41) is 5.76. The Labute approximate surface area is 109 Å². The van der Waals surface area contributed by atoms with Gasteiger partial charge in [-0.3, -0.25) is 9.59 Å². The van der Waals surface area contributed by atoms with E-state index in [0.717, 1.165) is 0 Å². The summed E-state index contributed by atoms with van der Waals surface area (Å²) in [5.41, 5.74) is -0.739. The highest BCUT2D eigenvalue weighted by molar-refractivity contribution is 5.92. The molecule has 2 N–H and O–H groups in total. The first-order valence-corrected chi connectivity index (χ1v) is 5.65. The van der Waals surface area contributed by atoms with Gasteiger partial charge in [0.2, 0.25) is 11.8 Å². The Hall–Kier alpha value is -0.810. The number of carbonyl (C=O) groups excluding carboxylic acids is 2. The van der Waals surface area contributed by atoms with Crippen LogP contribution >= 0.6 is 12.4 Å². The quantitative estimate of drug-likeness (QED) is 0.754. The van der Waals surface area contributed by atoms with Gasteiger partial charge in [-0.1, -0.05) is 6.92 Å². The molecular formula is C11H22ClN3O2. The third-order valence-electron chi connectivity index (χ3n) is 3.05. The van der Waals surface area contributed by atoms with E-state index in [1.54, 1.807) is 18.7 Å². The van der Waals surface area contributed by atoms with Crippen molar-refractivity contribution in [1.29, 1.82) is 0 Å². The number of nitrogens with zero attached hydrogens (tertiary/aromatic N) is 1. The van der Waals surface area contributed by atoms with E-state index in [2.05, 4.69) is 10.6 Å². The van der Waals surface area contributed by atoms with Crippen LogP contribution in [0.5, 0.6) is 0 Å². The molecule has 6 heteroatoms. The first-order chi connectivity index (χ1) is 7.41. The highest BCUT2D eigenvalue weighted by Gasteiger charge is 2.41. The van der Waals surface area contributed by atoms with Crippen molar-refractivity contribution in [2.24, 2.45) is 5.92 Å². The minimum atomic E-state index is -0.739. The molecule has 1 saturated heterocycles. The second-order valence-corrected chi connectivity index (χ2v) is 4.76. The zero-order valence-electron chi connectivity index (χ0n) is 10.9. The van der Waals surface area contributed by atoms with Gasteiger partial charge in [-0.15, -0.1) is 12.4 Å². The minimum Gasteiger partial charge on any atom is -0.352 e. The second kappa shape index (κ2) is 6.21. The lowest BCUT2D eigenvalue weighted by atomic mass is 9.96. The van der Waals surface area contributed by atoms with Crippen molar-refractivity contribution in [2.45, 2.75) is 26.3 Å². The van der Waals surface area contributed by atoms with Crippen molar-refractivity contribution in [2.75, 3.05) is 26.7 Å². The topological polar surface area (TPSA) is 61.4 Å². The first-order valence-electron chi connectivity index (χ1n) is 5.65. The maximum Gasteiger partial charge on any atom is 0.245 e. The SMILES string of the molecule is CNCC(C)C(=O)N1CCNC(=O)C1(C)C.Cl. The lowest BCUT2D eigenvalue weighted by molar-refractivity contribution is -0.151. The molecule has 1 atom stereocenters. The number of halogens is 1. The van der Waals surface area contributed by atoms with Gasteiger partial charge in [-0.2, -0.15) is 0 Å². The highest BCUT2D eigenvalue weighted by atomic mass is 35.5. The van der Waals surface area contributed by atoms with Crippen LogP contribution in [-0.4, -0.2) is 48.9 Å². The molecular weight excluding hydrogens is 242 g/mol. The normalized spacial score (nSPS) is 20.2. The maximum absolute atomic E-state index is 12.2. The van der Waals surface area contributed by atoms with Gasteiger partial charge in [0.05, 0.1) is 0 Å². The molecule has 0 saturated carbocycles. The number of hydrogen-bond donors (Lipinski definition) is 2. The molecule has 1 heterocycles. The van der Waals surface area contributed by atoms with Gasteiger partial charge in [0.25, 0.3) is 0 Å². The van der Waals surface area contributed by atoms with Crippen LogP contribution in [-0.2, 0) is 9.59 Å². The Morgan fingerprint density at radius 3 is 2.71 bits per heavy atom. The molecule has 1 rings (SSSR count). The zero-order chi connectivity index (χ0) is 12.3. The third-order valence-corrected chi connectivity index (χ3v) is 3.05. The average molecular weight is 264 g/mol. The van der Waals surface area contributed by atoms with Crippen molar-refractivity contribution in [3.05, 3.63) is 0 Å². The summed E-state index contributed by atoms with van der Waals surface area (Å²) < 4.78 is 0. The summed E-state index contributed by atoms with van der Waals surface area (Å²) >= 11 is 0. The zero-order valence-corrected chi connectivity index (χ0v) is 11.7. The number of piperazine rings is 1. The highest BCUT2D eigenvalue weighted by Crippen LogP contribution is 2.20. The van der Waals surface area contributed by atoms with Crippen LogP contribution in [0.15, 0.2) is 0 Å². The van der Waals surface area contributed by atoms with Crippen LogP contribution in [0.1, 0.15) is 20.8 Å². The fourth-order valence-electron chi connectivity index (χ4n) is 1.94. The second-order valence-electron chi connectivity index (χ2n) is 4.76. The van der Waals surface area contributed by atoms with Crippen LogP contribution < -0.4 is 10.6 Å². The van der Waals surface area contributed by atoms with E-state index in [-0.39, 0.29) is 30.1 Å². The molecule has 1 aliphatic heterocycles. The largest absolute Gasteiger partial charge is 0.352 e. The van der Waals surface area contributed by atoms with Crippen LogP contribution in [0.2, 0.25) is 0 Å². The fourth-order valence-corrected chi connectivity index (χ4v) is 1.94. The molecule has 5 nitrogen and oxygen atoms in total. The predicted molar refractivity (Wildman–Crippen MR) is 69.1 cm³/mol. The molecule has 2 amide bonds. The van der Waals surface area contributed by atoms with E-state index < -0.39 is 5.54 Å². The molecule has 1 unspecified atom stereocenters. The molecule has 100 valence electrons. The van der Waals surface area contributed by atoms with Gasteiger partial charge >= 0.3 is 0 Å². The van der Waals surface area contributed by atoms with Gasteiger partial charge in [0.15, 0.2) is 0 Å². The summed E-state index contributed by atoms with van der Waals surface area (Å²) in [6.07, 6.45) is 0. The summed E-state index contributed by atoms with van der Waals surface area (Å²) in [6.45, 7) is 7.21. The Morgan fingerprint density at radius 2 is 2.18 bits per heavy atom. The summed E-state index contributed by atoms with van der Waals surface area (Å²) in [4.78, 5) is 25.5. The van der Waals surface area contributed by atoms with Crippen molar-refractivity contribution in [3.63, 3.8) is 0 Å². The Morgan fingerprint density at radius 1 is 1.59 bits per heavy atom. The Kier molecular flexibility index (Phi) is 5.92. The van der Waals surface area contributed by atoms with Crippen LogP contribution in [0.25, 0.3) is 0 Å². The average Bonchev–Trinajstić information content (AvgIpc) is 2.21. The summed E-state index contributed by atoms with van der Waals surface area (Å²) in [6, 6.07) is 0. The molecule has 0 aromatic rings. The van der Waals surface area contributed by atoms with Crippen LogP contribution in [0.3, 0.4) is 0 Å². The molecule has 0 radical (unpaired) electrons. The van der Waals surface area contributed by atoms with E-state index in [1.165, 1.54) is 0 Å². The molecule has 0 bridgehead atoms. The van der Waals surface area contributed by atoms with E-state index >= 15 is 0 Å². The summed E-state index contributed by atoms with van der Waals surface area (Å²) in [7, 11) is 1.82. The monoisotopic (exact) mass is 263 g/mol. The molecule has 0 spiro atoms. The smallest absolute Gasteiger partial charge is 0.245 e. The minimum absolute atomic E-state index is 0. The molecule has 1 aliphatic rings. The Balaban J connectivity index is 0.00000256. The van der Waals surface area contributed by atoms with Crippen molar-refractivity contribution in [1.82, 2.24) is 15.5 Å². The van der Waals surface area contributed by atoms with E-state index in [4.69, 9.17) is 0 Å². The number of nitrogens with one attached hydrogen (secondary N) is 2. The van der Waals surface area contributed by atoms with Gasteiger partial charge in [0.1, 0.15) is 5.54 Å². The predicted octanol–water partition coefficient (Wildman–Crippen LogP) is 0.000700. The number of carbonyl (C=O) groups is 2. The molecule has 0 aromatic heterocycles. The molecule has 0 aromatic carbocycles. The van der Waals surface area contributed by atoms with Crippen molar-refractivity contribution >= 4 is 24.2 Å². The molecule has 0 aliphatic carbocycles. The summed E-state index contributed by atoms with van der Waals surface area (Å²) in [5.74, 6) is -0.145. The van der Waals surface area contributed by atoms with Crippen molar-refractivity contribution in [3.8, 4) is 0 Å². The van der Waals surface area contributed by atoms with E-state index in [9.17, 15) is 9.59 Å². The standard InChI is InChI=1S/C11H21N3O2.ClH/c1-8(7-12-4)9(15)14-6-5-13-10(16)11(14,2)3;/h8,12H,5-7H2,1-4H3,(H,13,16);1H. The van der Waals surface area contributed by atoms with Gasteiger partial charge in [-0.25, -0.2) is 0 Å². The Bertz CT molecular complexity index is 294. The van der Waals surface area contributed by atoms with Crippen molar-refractivity contribution < 1.29 is 9.59 Å². The van der Waals surface area contributed by atoms with E-state index in [0.29, 0.717) is 19.6 Å². The third kappa shape index (κ3) is 3.33.